The molecule has 1 unspecified atom stereocenters. The highest BCUT2D eigenvalue weighted by atomic mass is 35.5. The van der Waals surface area contributed by atoms with Gasteiger partial charge >= 0.3 is 0 Å². The Kier molecular flexibility index (Phi) is 7.89. The summed E-state index contributed by atoms with van der Waals surface area (Å²) < 4.78 is 0. The maximum absolute atomic E-state index is 12.1. The number of aryl methyl sites for hydroxylation is 1. The van der Waals surface area contributed by atoms with Gasteiger partial charge in [0.2, 0.25) is 11.8 Å². The van der Waals surface area contributed by atoms with Crippen LogP contribution in [0.4, 0.5) is 5.69 Å². The zero-order valence-corrected chi connectivity index (χ0v) is 14.4. The number of carbonyl (C=O) groups is 2. The van der Waals surface area contributed by atoms with Crippen molar-refractivity contribution in [3.63, 3.8) is 0 Å². The van der Waals surface area contributed by atoms with E-state index in [0.29, 0.717) is 25.8 Å². The van der Waals surface area contributed by atoms with Crippen molar-refractivity contribution in [1.82, 2.24) is 10.6 Å². The van der Waals surface area contributed by atoms with E-state index in [4.69, 9.17) is 5.73 Å². The van der Waals surface area contributed by atoms with E-state index in [2.05, 4.69) is 10.6 Å². The molecule has 0 heterocycles. The van der Waals surface area contributed by atoms with Crippen LogP contribution in [0, 0.1) is 0 Å². The van der Waals surface area contributed by atoms with Crippen molar-refractivity contribution in [2.24, 2.45) is 0 Å². The fourth-order valence-electron chi connectivity index (χ4n) is 2.95. The van der Waals surface area contributed by atoms with Gasteiger partial charge in [-0.25, -0.2) is 0 Å². The number of halogens is 1. The number of rotatable bonds is 6. The van der Waals surface area contributed by atoms with Crippen LogP contribution >= 0.6 is 12.4 Å². The first kappa shape index (κ1) is 19.3. The van der Waals surface area contributed by atoms with E-state index in [-0.39, 0.29) is 30.3 Å². The Morgan fingerprint density at radius 1 is 1.26 bits per heavy atom. The average Bonchev–Trinajstić information content (AvgIpc) is 2.47. The van der Waals surface area contributed by atoms with Crippen LogP contribution < -0.4 is 16.4 Å². The van der Waals surface area contributed by atoms with E-state index >= 15 is 0 Å². The van der Waals surface area contributed by atoms with Gasteiger partial charge < -0.3 is 16.4 Å². The Bertz CT molecular complexity index is 549. The molecular formula is C17H26ClN3O2. The monoisotopic (exact) mass is 339 g/mol. The predicted molar refractivity (Wildman–Crippen MR) is 94.5 cm³/mol. The van der Waals surface area contributed by atoms with Crippen molar-refractivity contribution in [2.45, 2.75) is 51.5 Å². The molecule has 23 heavy (non-hydrogen) atoms. The largest absolute Gasteiger partial charge is 0.399 e. The lowest BCUT2D eigenvalue weighted by atomic mass is 9.87. The lowest BCUT2D eigenvalue weighted by Crippen LogP contribution is -2.31. The normalized spacial score (nSPS) is 16.0. The smallest absolute Gasteiger partial charge is 0.220 e. The van der Waals surface area contributed by atoms with Gasteiger partial charge in [-0.05, 0) is 55.9 Å². The van der Waals surface area contributed by atoms with E-state index in [1.807, 2.05) is 25.1 Å². The van der Waals surface area contributed by atoms with Crippen LogP contribution in [-0.4, -0.2) is 18.4 Å². The molecule has 1 aromatic carbocycles. The minimum atomic E-state index is 0. The van der Waals surface area contributed by atoms with Gasteiger partial charge in [0.25, 0.3) is 0 Å². The van der Waals surface area contributed by atoms with E-state index < -0.39 is 0 Å². The molecule has 5 nitrogen and oxygen atoms in total. The summed E-state index contributed by atoms with van der Waals surface area (Å²) in [5.41, 5.74) is 9.01. The zero-order chi connectivity index (χ0) is 15.9. The summed E-state index contributed by atoms with van der Waals surface area (Å²) in [6, 6.07) is 5.98. The number of hydrogen-bond acceptors (Lipinski definition) is 3. The van der Waals surface area contributed by atoms with Gasteiger partial charge in [0.05, 0.1) is 6.04 Å². The molecule has 0 spiro atoms. The molecule has 4 N–H and O–H groups in total. The summed E-state index contributed by atoms with van der Waals surface area (Å²) in [5.74, 6) is 0.0211. The number of amides is 2. The number of nitrogens with two attached hydrogens (primary N) is 1. The van der Waals surface area contributed by atoms with E-state index in [1.165, 1.54) is 11.1 Å². The van der Waals surface area contributed by atoms with Crippen LogP contribution in [0.15, 0.2) is 18.2 Å². The SMILES string of the molecule is CCNC(=O)CCCC(=O)NC1CCCc2cc(N)ccc21.Cl. The van der Waals surface area contributed by atoms with Crippen LogP contribution in [0.5, 0.6) is 0 Å². The number of nitrogen functional groups attached to an aromatic ring is 1. The fraction of sp³-hybridized carbons (Fsp3) is 0.529. The molecule has 6 heteroatoms. The first-order chi connectivity index (χ1) is 10.6. The maximum atomic E-state index is 12.1. The number of benzene rings is 1. The number of anilines is 1. The third-order valence-electron chi connectivity index (χ3n) is 4.00. The lowest BCUT2D eigenvalue weighted by Gasteiger charge is -2.26. The fourth-order valence-corrected chi connectivity index (χ4v) is 2.95. The Morgan fingerprint density at radius 2 is 2.00 bits per heavy atom. The van der Waals surface area contributed by atoms with E-state index in [9.17, 15) is 9.59 Å². The molecule has 128 valence electrons. The minimum absolute atomic E-state index is 0. The summed E-state index contributed by atoms with van der Waals surface area (Å²) in [4.78, 5) is 23.4. The van der Waals surface area contributed by atoms with Crippen LogP contribution in [0.1, 0.15) is 56.2 Å². The van der Waals surface area contributed by atoms with Gasteiger partial charge in [-0.2, -0.15) is 0 Å². The van der Waals surface area contributed by atoms with Gasteiger partial charge in [-0.1, -0.05) is 6.07 Å². The highest BCUT2D eigenvalue weighted by molar-refractivity contribution is 5.85. The van der Waals surface area contributed by atoms with Gasteiger partial charge in [0.15, 0.2) is 0 Å². The van der Waals surface area contributed by atoms with Crippen molar-refractivity contribution < 1.29 is 9.59 Å². The quantitative estimate of drug-likeness (QED) is 0.696. The standard InChI is InChI=1S/C17H25N3O2.ClH/c1-2-19-16(21)7-4-8-17(22)20-15-6-3-5-12-11-13(18)9-10-14(12)15;/h9-11,15H,2-8,18H2,1H3,(H,19,21)(H,20,22);1H. The molecule has 0 bridgehead atoms. The molecule has 1 aliphatic carbocycles. The molecule has 0 aromatic heterocycles. The topological polar surface area (TPSA) is 84.2 Å². The van der Waals surface area contributed by atoms with E-state index in [0.717, 1.165) is 24.9 Å². The molecule has 1 aromatic rings. The Hall–Kier alpha value is -1.75. The van der Waals surface area contributed by atoms with Crippen LogP contribution in [0.3, 0.4) is 0 Å². The maximum Gasteiger partial charge on any atom is 0.220 e. The third-order valence-corrected chi connectivity index (χ3v) is 4.00. The summed E-state index contributed by atoms with van der Waals surface area (Å²) in [6.07, 6.45) is 4.40. The highest BCUT2D eigenvalue weighted by Gasteiger charge is 2.21. The van der Waals surface area contributed by atoms with Crippen molar-refractivity contribution in [3.05, 3.63) is 29.3 Å². The Labute approximate surface area is 143 Å². The first-order valence-corrected chi connectivity index (χ1v) is 8.04. The Balaban J connectivity index is 0.00000264. The second-order valence-corrected chi connectivity index (χ2v) is 5.78. The number of carbonyl (C=O) groups excluding carboxylic acids is 2. The molecular weight excluding hydrogens is 314 g/mol. The van der Waals surface area contributed by atoms with Gasteiger partial charge in [0, 0.05) is 25.1 Å². The van der Waals surface area contributed by atoms with Crippen LogP contribution in [0.25, 0.3) is 0 Å². The molecule has 2 amide bonds. The van der Waals surface area contributed by atoms with Gasteiger partial charge in [0.1, 0.15) is 0 Å². The number of hydrogen-bond donors (Lipinski definition) is 3. The van der Waals surface area contributed by atoms with Crippen molar-refractivity contribution in [2.75, 3.05) is 12.3 Å². The Morgan fingerprint density at radius 3 is 2.74 bits per heavy atom. The summed E-state index contributed by atoms with van der Waals surface area (Å²) >= 11 is 0. The highest BCUT2D eigenvalue weighted by Crippen LogP contribution is 2.31. The van der Waals surface area contributed by atoms with Crippen molar-refractivity contribution in [3.8, 4) is 0 Å². The molecule has 0 saturated carbocycles. The van der Waals surface area contributed by atoms with Gasteiger partial charge in [-0.3, -0.25) is 9.59 Å². The molecule has 1 atom stereocenters. The second kappa shape index (κ2) is 9.40. The summed E-state index contributed by atoms with van der Waals surface area (Å²) in [5, 5.41) is 5.83. The lowest BCUT2D eigenvalue weighted by molar-refractivity contribution is -0.122. The number of nitrogens with one attached hydrogen (secondary N) is 2. The third kappa shape index (κ3) is 5.75. The molecule has 0 aliphatic heterocycles. The van der Waals surface area contributed by atoms with E-state index in [1.54, 1.807) is 0 Å². The zero-order valence-electron chi connectivity index (χ0n) is 13.6. The van der Waals surface area contributed by atoms with Crippen molar-refractivity contribution >= 4 is 29.9 Å². The first-order valence-electron chi connectivity index (χ1n) is 8.04. The summed E-state index contributed by atoms with van der Waals surface area (Å²) in [7, 11) is 0. The molecule has 0 saturated heterocycles. The average molecular weight is 340 g/mol. The van der Waals surface area contributed by atoms with Crippen LogP contribution in [-0.2, 0) is 16.0 Å². The van der Waals surface area contributed by atoms with Crippen molar-refractivity contribution in [1.29, 1.82) is 0 Å². The molecule has 0 radical (unpaired) electrons. The minimum Gasteiger partial charge on any atom is -0.399 e. The van der Waals surface area contributed by atoms with Crippen LogP contribution in [0.2, 0.25) is 0 Å². The molecule has 1 aliphatic rings. The molecule has 0 fully saturated rings. The number of fused-ring (bicyclic) bond motifs is 1. The summed E-state index contributed by atoms with van der Waals surface area (Å²) in [6.45, 7) is 2.52. The van der Waals surface area contributed by atoms with Gasteiger partial charge in [-0.15, -0.1) is 12.4 Å². The second-order valence-electron chi connectivity index (χ2n) is 5.78. The molecule has 2 rings (SSSR count). The predicted octanol–water partition coefficient (Wildman–Crippen LogP) is 2.49.